The monoisotopic (exact) mass is 435 g/mol. The normalized spacial score (nSPS) is 16.0. The summed E-state index contributed by atoms with van der Waals surface area (Å²) in [7, 11) is 0. The Bertz CT molecular complexity index is 609. The highest BCUT2D eigenvalue weighted by molar-refractivity contribution is 5.70. The smallest absolute Gasteiger partial charge is 0.361 e. The summed E-state index contributed by atoms with van der Waals surface area (Å²) in [5, 5.41) is 0. The van der Waals surface area contributed by atoms with Crippen molar-refractivity contribution in [3.05, 3.63) is 47.5 Å². The molecule has 2 rings (SSSR count). The second-order valence-electron chi connectivity index (χ2n) is 8.89. The Hall–Kier alpha value is -1.32. The Labute approximate surface area is 190 Å². The number of allylic oxidation sites excluding steroid dienone is 1. The van der Waals surface area contributed by atoms with Crippen molar-refractivity contribution >= 4 is 5.97 Å². The number of likely N-dealkylation sites (tertiary alicyclic amines) is 1. The quantitative estimate of drug-likeness (QED) is 0.206. The van der Waals surface area contributed by atoms with Crippen LogP contribution in [0.1, 0.15) is 77.2 Å². The van der Waals surface area contributed by atoms with E-state index in [1.54, 1.807) is 0 Å². The Morgan fingerprint density at radius 1 is 1.00 bits per heavy atom. The SMILES string of the molecule is CCCCCCCCOC(=O)C[N+]1(C/C=C(/C)Cc2ccccc2)CCCCC1.[Cl-]. The molecule has 0 radical (unpaired) electrons. The summed E-state index contributed by atoms with van der Waals surface area (Å²) >= 11 is 0. The number of carbonyl (C=O) groups excluding carboxylic acids is 1. The Balaban J connectivity index is 0.00000450. The first-order valence-corrected chi connectivity index (χ1v) is 11.8. The Morgan fingerprint density at radius 3 is 2.37 bits per heavy atom. The molecule has 0 unspecified atom stereocenters. The number of ether oxygens (including phenoxy) is 1. The van der Waals surface area contributed by atoms with E-state index in [2.05, 4.69) is 50.3 Å². The molecule has 0 bridgehead atoms. The summed E-state index contributed by atoms with van der Waals surface area (Å²) < 4.78 is 6.48. The third kappa shape index (κ3) is 10.6. The molecule has 1 aromatic carbocycles. The first-order chi connectivity index (χ1) is 14.1. The molecule has 0 aromatic heterocycles. The van der Waals surface area contributed by atoms with Crippen molar-refractivity contribution < 1.29 is 26.4 Å². The van der Waals surface area contributed by atoms with Crippen LogP contribution in [0.5, 0.6) is 0 Å². The predicted molar refractivity (Wildman–Crippen MR) is 122 cm³/mol. The molecule has 1 saturated heterocycles. The molecule has 0 N–H and O–H groups in total. The lowest BCUT2D eigenvalue weighted by molar-refractivity contribution is -0.920. The molecule has 3 nitrogen and oxygen atoms in total. The van der Waals surface area contributed by atoms with Gasteiger partial charge in [-0.15, -0.1) is 0 Å². The molecule has 0 saturated carbocycles. The molecule has 0 atom stereocenters. The van der Waals surface area contributed by atoms with Gasteiger partial charge in [-0.1, -0.05) is 74.9 Å². The van der Waals surface area contributed by atoms with Gasteiger partial charge >= 0.3 is 5.97 Å². The largest absolute Gasteiger partial charge is 1.00 e. The van der Waals surface area contributed by atoms with Crippen LogP contribution in [-0.2, 0) is 16.0 Å². The number of rotatable bonds is 13. The number of hydrogen-bond acceptors (Lipinski definition) is 2. The van der Waals surface area contributed by atoms with Gasteiger partial charge in [-0.05, 0) is 50.7 Å². The van der Waals surface area contributed by atoms with Crippen molar-refractivity contribution in [2.45, 2.75) is 78.1 Å². The van der Waals surface area contributed by atoms with Crippen molar-refractivity contribution in [3.63, 3.8) is 0 Å². The van der Waals surface area contributed by atoms with E-state index >= 15 is 0 Å². The minimum atomic E-state index is -0.00503. The lowest BCUT2D eigenvalue weighted by atomic mass is 10.0. The zero-order valence-electron chi connectivity index (χ0n) is 19.2. The number of benzene rings is 1. The molecule has 1 heterocycles. The molecule has 1 aliphatic rings. The second kappa shape index (κ2) is 15.5. The lowest BCUT2D eigenvalue weighted by Crippen LogP contribution is -3.00. The van der Waals surface area contributed by atoms with Crippen LogP contribution in [0.2, 0.25) is 0 Å². The molecule has 4 heteroatoms. The fourth-order valence-corrected chi connectivity index (χ4v) is 4.32. The van der Waals surface area contributed by atoms with Crippen LogP contribution in [0.4, 0.5) is 0 Å². The van der Waals surface area contributed by atoms with Crippen LogP contribution in [0.15, 0.2) is 42.0 Å². The van der Waals surface area contributed by atoms with Gasteiger partial charge in [-0.25, -0.2) is 4.79 Å². The van der Waals surface area contributed by atoms with E-state index in [1.165, 1.54) is 62.5 Å². The number of quaternary nitrogens is 1. The van der Waals surface area contributed by atoms with Gasteiger partial charge in [0.1, 0.15) is 0 Å². The number of nitrogens with zero attached hydrogens (tertiary/aromatic N) is 1. The van der Waals surface area contributed by atoms with Gasteiger partial charge in [-0.3, -0.25) is 0 Å². The van der Waals surface area contributed by atoms with Gasteiger partial charge in [0.2, 0.25) is 0 Å². The van der Waals surface area contributed by atoms with Gasteiger partial charge in [0.15, 0.2) is 6.54 Å². The van der Waals surface area contributed by atoms with Crippen molar-refractivity contribution in [3.8, 4) is 0 Å². The molecule has 30 heavy (non-hydrogen) atoms. The van der Waals surface area contributed by atoms with Gasteiger partial charge < -0.3 is 21.6 Å². The summed E-state index contributed by atoms with van der Waals surface area (Å²) in [6.45, 7) is 8.72. The molecule has 170 valence electrons. The van der Waals surface area contributed by atoms with E-state index in [0.717, 1.165) is 37.0 Å². The minimum Gasteiger partial charge on any atom is -1.00 e. The maximum absolute atomic E-state index is 12.5. The zero-order valence-corrected chi connectivity index (χ0v) is 20.0. The minimum absolute atomic E-state index is 0. The van der Waals surface area contributed by atoms with Crippen molar-refractivity contribution in [1.29, 1.82) is 0 Å². The standard InChI is InChI=1S/C26H42NO2.ClH/c1-3-4-5-6-7-14-21-29-26(28)23-27(18-12-9-13-19-27)20-17-24(2)22-25-15-10-8-11-16-25;/h8,10-11,15-17H,3-7,9,12-14,18-23H2,1-2H3;1H/q+1;/p-1/b24-17-;. The maximum Gasteiger partial charge on any atom is 0.361 e. The van der Waals surface area contributed by atoms with Crippen LogP contribution < -0.4 is 12.4 Å². The lowest BCUT2D eigenvalue weighted by Gasteiger charge is -2.40. The molecule has 0 amide bonds. The van der Waals surface area contributed by atoms with E-state index in [4.69, 9.17) is 4.74 Å². The molecule has 1 aromatic rings. The highest BCUT2D eigenvalue weighted by Gasteiger charge is 2.32. The van der Waals surface area contributed by atoms with Crippen molar-refractivity contribution in [2.75, 3.05) is 32.8 Å². The third-order valence-electron chi connectivity index (χ3n) is 6.14. The van der Waals surface area contributed by atoms with Crippen molar-refractivity contribution in [1.82, 2.24) is 0 Å². The summed E-state index contributed by atoms with van der Waals surface area (Å²) in [6, 6.07) is 10.6. The van der Waals surface area contributed by atoms with E-state index < -0.39 is 0 Å². The van der Waals surface area contributed by atoms with Crippen LogP contribution in [0, 0.1) is 0 Å². The molecular formula is C26H42ClNO2. The Morgan fingerprint density at radius 2 is 1.67 bits per heavy atom. The third-order valence-corrected chi connectivity index (χ3v) is 6.14. The number of piperidine rings is 1. The highest BCUT2D eigenvalue weighted by Crippen LogP contribution is 2.20. The van der Waals surface area contributed by atoms with E-state index in [1.807, 2.05) is 0 Å². The summed E-state index contributed by atoms with van der Waals surface area (Å²) in [4.78, 5) is 12.5. The Kier molecular flexibility index (Phi) is 13.8. The van der Waals surface area contributed by atoms with Crippen LogP contribution in [0.25, 0.3) is 0 Å². The number of unbranched alkanes of at least 4 members (excludes halogenated alkanes) is 5. The average molecular weight is 436 g/mol. The summed E-state index contributed by atoms with van der Waals surface area (Å²) in [5.74, 6) is -0.00503. The van der Waals surface area contributed by atoms with Crippen LogP contribution in [-0.4, -0.2) is 43.2 Å². The van der Waals surface area contributed by atoms with Crippen LogP contribution >= 0.6 is 0 Å². The number of esters is 1. The topological polar surface area (TPSA) is 26.3 Å². The van der Waals surface area contributed by atoms with Crippen molar-refractivity contribution in [2.24, 2.45) is 0 Å². The van der Waals surface area contributed by atoms with E-state index in [0.29, 0.717) is 13.2 Å². The van der Waals surface area contributed by atoms with Gasteiger partial charge in [0.05, 0.1) is 26.2 Å². The van der Waals surface area contributed by atoms with Gasteiger partial charge in [-0.2, -0.15) is 0 Å². The molecule has 0 spiro atoms. The van der Waals surface area contributed by atoms with E-state index in [-0.39, 0.29) is 18.4 Å². The molecule has 1 aliphatic heterocycles. The number of halogens is 1. The maximum atomic E-state index is 12.5. The fraction of sp³-hybridized carbons (Fsp3) is 0.654. The fourth-order valence-electron chi connectivity index (χ4n) is 4.32. The number of carbonyl (C=O) groups is 1. The van der Waals surface area contributed by atoms with E-state index in [9.17, 15) is 4.79 Å². The molecule has 1 fully saturated rings. The van der Waals surface area contributed by atoms with Crippen LogP contribution in [0.3, 0.4) is 0 Å². The highest BCUT2D eigenvalue weighted by atomic mass is 35.5. The first-order valence-electron chi connectivity index (χ1n) is 11.8. The average Bonchev–Trinajstić information content (AvgIpc) is 2.73. The van der Waals surface area contributed by atoms with Gasteiger partial charge in [0, 0.05) is 0 Å². The number of hydrogen-bond donors (Lipinski definition) is 0. The summed E-state index contributed by atoms with van der Waals surface area (Å²) in [5.41, 5.74) is 2.74. The van der Waals surface area contributed by atoms with Gasteiger partial charge in [0.25, 0.3) is 0 Å². The second-order valence-corrected chi connectivity index (χ2v) is 8.89. The molecular weight excluding hydrogens is 394 g/mol. The molecule has 0 aliphatic carbocycles. The zero-order chi connectivity index (χ0) is 20.8. The predicted octanol–water partition coefficient (Wildman–Crippen LogP) is 3.08. The summed E-state index contributed by atoms with van der Waals surface area (Å²) in [6.07, 6.45) is 14.4. The first kappa shape index (κ1) is 26.7.